The maximum Gasteiger partial charge on any atom is 0.0673 e. The highest BCUT2D eigenvalue weighted by Crippen LogP contribution is 2.68. The first-order valence-corrected chi connectivity index (χ1v) is 12.0. The van der Waals surface area contributed by atoms with Crippen molar-refractivity contribution in [3.63, 3.8) is 0 Å². The average Bonchev–Trinajstić information content (AvgIpc) is 2.99. The zero-order chi connectivity index (χ0) is 19.6. The maximum absolute atomic E-state index is 11.2. The van der Waals surface area contributed by atoms with Crippen LogP contribution in [0.1, 0.15) is 92.4 Å². The summed E-state index contributed by atoms with van der Waals surface area (Å²) in [5.41, 5.74) is 0.487. The zero-order valence-electron chi connectivity index (χ0n) is 18.5. The van der Waals surface area contributed by atoms with Gasteiger partial charge in [-0.25, -0.2) is 0 Å². The van der Waals surface area contributed by atoms with Gasteiger partial charge in [0, 0.05) is 6.61 Å². The van der Waals surface area contributed by atoms with Crippen LogP contribution >= 0.6 is 0 Å². The summed E-state index contributed by atoms with van der Waals surface area (Å²) >= 11 is 0. The van der Waals surface area contributed by atoms with Crippen molar-refractivity contribution in [2.45, 2.75) is 98.0 Å². The van der Waals surface area contributed by atoms with E-state index in [1.54, 1.807) is 0 Å². The van der Waals surface area contributed by atoms with Crippen LogP contribution in [0.25, 0.3) is 0 Å². The van der Waals surface area contributed by atoms with Gasteiger partial charge >= 0.3 is 0 Å². The summed E-state index contributed by atoms with van der Waals surface area (Å²) in [5.74, 6) is 4.91. The number of hydrogen-bond donors (Lipinski definition) is 2. The third-order valence-corrected chi connectivity index (χ3v) is 10.9. The molecule has 0 aromatic heterocycles. The van der Waals surface area contributed by atoms with E-state index in [2.05, 4.69) is 34.6 Å². The molecule has 0 heterocycles. The van der Waals surface area contributed by atoms with Crippen molar-refractivity contribution in [3.05, 3.63) is 0 Å². The molecule has 4 aliphatic rings. The Kier molecular flexibility index (Phi) is 5.03. The fourth-order valence-electron chi connectivity index (χ4n) is 8.90. The van der Waals surface area contributed by atoms with E-state index in [1.807, 2.05) is 0 Å². The van der Waals surface area contributed by atoms with Gasteiger partial charge in [-0.05, 0) is 110 Å². The molecule has 9 atom stereocenters. The summed E-state index contributed by atoms with van der Waals surface area (Å²) in [6.45, 7) is 12.2. The smallest absolute Gasteiger partial charge is 0.0673 e. The number of fused-ring (bicyclic) bond motifs is 5. The molecule has 4 saturated carbocycles. The van der Waals surface area contributed by atoms with Gasteiger partial charge < -0.3 is 10.2 Å². The lowest BCUT2D eigenvalue weighted by atomic mass is 9.43. The van der Waals surface area contributed by atoms with Crippen molar-refractivity contribution >= 4 is 0 Å². The summed E-state index contributed by atoms with van der Waals surface area (Å²) < 4.78 is 0. The fraction of sp³-hybridized carbons (Fsp3) is 1.00. The van der Waals surface area contributed by atoms with Crippen molar-refractivity contribution in [1.29, 1.82) is 0 Å². The van der Waals surface area contributed by atoms with E-state index in [0.29, 0.717) is 29.3 Å². The Morgan fingerprint density at radius 1 is 0.852 bits per heavy atom. The molecule has 0 amide bonds. The van der Waals surface area contributed by atoms with E-state index in [0.717, 1.165) is 42.4 Å². The highest BCUT2D eigenvalue weighted by atomic mass is 16.3. The monoisotopic (exact) mass is 376 g/mol. The number of aliphatic hydroxyl groups excluding tert-OH is 1. The lowest BCUT2D eigenvalue weighted by molar-refractivity contribution is -0.163. The SMILES string of the molecule is CC(C)[C@@]1(O)CC[C@@]2(C)[C@H](CC[C@@H]3[C@@H]2CC[C@]2(C)[C@@H]([C@H](C)CO)CC[C@@H]32)C1. The molecule has 0 aliphatic heterocycles. The normalized spacial score (nSPS) is 53.6. The predicted octanol–water partition coefficient (Wildman–Crippen LogP) is 5.66. The highest BCUT2D eigenvalue weighted by Gasteiger charge is 2.61. The minimum absolute atomic E-state index is 0.356. The predicted molar refractivity (Wildman–Crippen MR) is 111 cm³/mol. The third kappa shape index (κ3) is 2.87. The number of hydrogen-bond acceptors (Lipinski definition) is 2. The van der Waals surface area contributed by atoms with Gasteiger partial charge in [-0.1, -0.05) is 34.6 Å². The Labute approximate surface area is 167 Å². The van der Waals surface area contributed by atoms with Crippen LogP contribution in [0.5, 0.6) is 0 Å². The molecule has 0 unspecified atom stereocenters. The molecule has 0 aromatic rings. The summed E-state index contributed by atoms with van der Waals surface area (Å²) in [7, 11) is 0. The van der Waals surface area contributed by atoms with Crippen molar-refractivity contribution in [2.75, 3.05) is 6.61 Å². The second kappa shape index (κ2) is 6.73. The Bertz CT molecular complexity index is 559. The molecule has 0 saturated heterocycles. The van der Waals surface area contributed by atoms with Gasteiger partial charge in [0.05, 0.1) is 5.60 Å². The molecule has 0 spiro atoms. The minimum Gasteiger partial charge on any atom is -0.396 e. The van der Waals surface area contributed by atoms with Gasteiger partial charge in [-0.3, -0.25) is 0 Å². The van der Waals surface area contributed by atoms with Crippen molar-refractivity contribution < 1.29 is 10.2 Å². The summed E-state index contributed by atoms with van der Waals surface area (Å²) in [4.78, 5) is 0. The lowest BCUT2D eigenvalue weighted by Gasteiger charge is -2.62. The van der Waals surface area contributed by atoms with E-state index in [9.17, 15) is 10.2 Å². The van der Waals surface area contributed by atoms with Gasteiger partial charge in [-0.15, -0.1) is 0 Å². The van der Waals surface area contributed by atoms with E-state index in [-0.39, 0.29) is 0 Å². The van der Waals surface area contributed by atoms with Crippen LogP contribution in [0.15, 0.2) is 0 Å². The van der Waals surface area contributed by atoms with Crippen LogP contribution in [0, 0.1) is 52.3 Å². The van der Waals surface area contributed by atoms with Crippen LogP contribution in [-0.4, -0.2) is 22.4 Å². The summed E-state index contributed by atoms with van der Waals surface area (Å²) in [5, 5.41) is 21.0. The topological polar surface area (TPSA) is 40.5 Å². The zero-order valence-corrected chi connectivity index (χ0v) is 18.5. The molecule has 2 N–H and O–H groups in total. The van der Waals surface area contributed by atoms with Gasteiger partial charge in [-0.2, -0.15) is 0 Å². The van der Waals surface area contributed by atoms with Crippen LogP contribution in [0.2, 0.25) is 0 Å². The number of aliphatic hydroxyl groups is 2. The third-order valence-electron chi connectivity index (χ3n) is 10.9. The fourth-order valence-corrected chi connectivity index (χ4v) is 8.90. The first-order valence-electron chi connectivity index (χ1n) is 12.0. The molecule has 0 bridgehead atoms. The van der Waals surface area contributed by atoms with Gasteiger partial charge in [0.2, 0.25) is 0 Å². The summed E-state index contributed by atoms with van der Waals surface area (Å²) in [6, 6.07) is 0. The molecule has 4 fully saturated rings. The Morgan fingerprint density at radius 3 is 2.22 bits per heavy atom. The van der Waals surface area contributed by atoms with Crippen LogP contribution in [-0.2, 0) is 0 Å². The molecule has 4 aliphatic carbocycles. The molecule has 4 rings (SSSR count). The van der Waals surface area contributed by atoms with Crippen molar-refractivity contribution in [3.8, 4) is 0 Å². The lowest BCUT2D eigenvalue weighted by Crippen LogP contribution is -2.57. The molecule has 0 radical (unpaired) electrons. The van der Waals surface area contributed by atoms with Crippen LogP contribution in [0.4, 0.5) is 0 Å². The summed E-state index contributed by atoms with van der Waals surface area (Å²) in [6.07, 6.45) is 11.5. The van der Waals surface area contributed by atoms with Crippen LogP contribution < -0.4 is 0 Å². The molecular weight excluding hydrogens is 332 g/mol. The molecule has 2 nitrogen and oxygen atoms in total. The van der Waals surface area contributed by atoms with Gasteiger partial charge in [0.1, 0.15) is 0 Å². The van der Waals surface area contributed by atoms with E-state index in [4.69, 9.17) is 0 Å². The molecular formula is C25H44O2. The number of rotatable bonds is 3. The standard InChI is InChI=1S/C25H44O2/c1-16(2)25(27)13-12-23(4)18(14-25)6-7-19-21-9-8-20(17(3)15-26)24(21,5)11-10-22(19)23/h16-22,26-27H,6-15H2,1-5H3/t17-,18-,19+,20-,21+,22+,23+,24-,25-/m1/s1. The molecule has 156 valence electrons. The van der Waals surface area contributed by atoms with Gasteiger partial charge in [0.15, 0.2) is 0 Å². The van der Waals surface area contributed by atoms with Crippen molar-refractivity contribution in [1.82, 2.24) is 0 Å². The second-order valence-electron chi connectivity index (χ2n) is 12.0. The Balaban J connectivity index is 1.56. The first kappa shape index (κ1) is 20.2. The van der Waals surface area contributed by atoms with Gasteiger partial charge in [0.25, 0.3) is 0 Å². The first-order chi connectivity index (χ1) is 12.7. The maximum atomic E-state index is 11.2. The van der Waals surface area contributed by atoms with E-state index < -0.39 is 5.60 Å². The van der Waals surface area contributed by atoms with Crippen molar-refractivity contribution in [2.24, 2.45) is 52.3 Å². The van der Waals surface area contributed by atoms with E-state index >= 15 is 0 Å². The molecule has 2 heteroatoms. The van der Waals surface area contributed by atoms with E-state index in [1.165, 1.54) is 44.9 Å². The Morgan fingerprint density at radius 2 is 1.56 bits per heavy atom. The second-order valence-corrected chi connectivity index (χ2v) is 12.0. The quantitative estimate of drug-likeness (QED) is 0.667. The largest absolute Gasteiger partial charge is 0.396 e. The Hall–Kier alpha value is -0.0800. The highest BCUT2D eigenvalue weighted by molar-refractivity contribution is 5.11. The average molecular weight is 377 g/mol. The minimum atomic E-state index is -0.421. The molecule has 27 heavy (non-hydrogen) atoms. The van der Waals surface area contributed by atoms with Crippen LogP contribution in [0.3, 0.4) is 0 Å². The molecule has 0 aromatic carbocycles.